The Bertz CT molecular complexity index is 858. The van der Waals surface area contributed by atoms with Crippen LogP contribution in [0.5, 0.6) is 5.75 Å². The molecule has 0 atom stereocenters. The van der Waals surface area contributed by atoms with Crippen LogP contribution in [0.2, 0.25) is 5.02 Å². The van der Waals surface area contributed by atoms with Crippen LogP contribution in [-0.2, 0) is 14.3 Å². The highest BCUT2D eigenvalue weighted by Gasteiger charge is 2.11. The molecule has 0 aliphatic carbocycles. The molecule has 0 spiro atoms. The smallest absolute Gasteiger partial charge is 0.387 e. The topological polar surface area (TPSA) is 64.6 Å². The minimum atomic E-state index is -3.03. The van der Waals surface area contributed by atoms with Gasteiger partial charge in [0.05, 0.1) is 5.02 Å². The van der Waals surface area contributed by atoms with Crippen molar-refractivity contribution in [2.24, 2.45) is 0 Å². The number of alkyl halides is 2. The average Bonchev–Trinajstić information content (AvgIpc) is 2.61. The Kier molecular flexibility index (Phi) is 7.25. The number of amides is 1. The summed E-state index contributed by atoms with van der Waals surface area (Å²) in [7, 11) is 0. The molecule has 0 saturated carbocycles. The van der Waals surface area contributed by atoms with Crippen molar-refractivity contribution in [2.75, 3.05) is 11.9 Å². The van der Waals surface area contributed by atoms with E-state index in [-0.39, 0.29) is 22.0 Å². The Morgan fingerprint density at radius 3 is 2.59 bits per heavy atom. The molecule has 1 amide bonds. The van der Waals surface area contributed by atoms with Gasteiger partial charge in [-0.1, -0.05) is 29.8 Å². The minimum absolute atomic E-state index is 0.127. The van der Waals surface area contributed by atoms with Gasteiger partial charge in [0.2, 0.25) is 0 Å². The Balaban J connectivity index is 1.84. The van der Waals surface area contributed by atoms with E-state index in [4.69, 9.17) is 16.3 Å². The van der Waals surface area contributed by atoms with E-state index in [1.807, 2.05) is 0 Å². The Morgan fingerprint density at radius 1 is 1.19 bits per heavy atom. The van der Waals surface area contributed by atoms with E-state index < -0.39 is 30.9 Å². The maximum atomic E-state index is 13.4. The second-order valence-corrected chi connectivity index (χ2v) is 5.44. The molecule has 0 heterocycles. The van der Waals surface area contributed by atoms with Crippen molar-refractivity contribution >= 4 is 35.2 Å². The summed E-state index contributed by atoms with van der Waals surface area (Å²) < 4.78 is 46.6. The Hall–Kier alpha value is -3.00. The maximum Gasteiger partial charge on any atom is 0.387 e. The monoisotopic (exact) mass is 399 g/mol. The van der Waals surface area contributed by atoms with E-state index in [0.29, 0.717) is 0 Å². The second kappa shape index (κ2) is 9.63. The van der Waals surface area contributed by atoms with E-state index in [1.165, 1.54) is 36.4 Å². The molecule has 142 valence electrons. The maximum absolute atomic E-state index is 13.4. The molecular weight excluding hydrogens is 387 g/mol. The summed E-state index contributed by atoms with van der Waals surface area (Å²) in [6, 6.07) is 9.47. The third kappa shape index (κ3) is 6.67. The summed E-state index contributed by atoms with van der Waals surface area (Å²) >= 11 is 5.76. The number of esters is 1. The number of hydrogen-bond donors (Lipinski definition) is 1. The number of carbonyl (C=O) groups excluding carboxylic acids is 2. The fourth-order valence-corrected chi connectivity index (χ4v) is 2.15. The molecule has 0 bridgehead atoms. The number of ether oxygens (including phenoxy) is 2. The number of carbonyl (C=O) groups is 2. The lowest BCUT2D eigenvalue weighted by Crippen LogP contribution is -2.20. The molecule has 2 aromatic carbocycles. The van der Waals surface area contributed by atoms with Crippen molar-refractivity contribution in [3.63, 3.8) is 0 Å². The normalized spacial score (nSPS) is 10.9. The Labute approximate surface area is 157 Å². The molecule has 2 rings (SSSR count). The molecule has 9 heteroatoms. The zero-order valence-corrected chi connectivity index (χ0v) is 14.4. The molecule has 0 saturated heterocycles. The summed E-state index contributed by atoms with van der Waals surface area (Å²) in [6.07, 6.45) is 2.20. The average molecular weight is 400 g/mol. The van der Waals surface area contributed by atoms with E-state index in [9.17, 15) is 22.8 Å². The first-order valence-electron chi connectivity index (χ1n) is 7.48. The lowest BCUT2D eigenvalue weighted by molar-refractivity contribution is -0.142. The standard InChI is InChI=1S/C18H13ClF3NO4/c19-13-9-12(6-7-15(13)27-18(21)22)23-16(24)10-26-17(25)8-5-11-3-1-2-4-14(11)20/h1-9,18H,10H2,(H,23,24)/b8-5+. The molecule has 0 aromatic heterocycles. The van der Waals surface area contributed by atoms with E-state index >= 15 is 0 Å². The zero-order chi connectivity index (χ0) is 19.8. The molecule has 27 heavy (non-hydrogen) atoms. The first-order valence-corrected chi connectivity index (χ1v) is 7.86. The van der Waals surface area contributed by atoms with Crippen molar-refractivity contribution in [2.45, 2.75) is 6.61 Å². The molecule has 0 unspecified atom stereocenters. The van der Waals surface area contributed by atoms with E-state index in [1.54, 1.807) is 6.07 Å². The van der Waals surface area contributed by atoms with Crippen LogP contribution in [0.3, 0.4) is 0 Å². The van der Waals surface area contributed by atoms with Crippen LogP contribution in [-0.4, -0.2) is 25.1 Å². The Morgan fingerprint density at radius 2 is 1.93 bits per heavy atom. The second-order valence-electron chi connectivity index (χ2n) is 5.03. The lowest BCUT2D eigenvalue weighted by Gasteiger charge is -2.09. The largest absolute Gasteiger partial charge is 0.452 e. The van der Waals surface area contributed by atoms with Crippen molar-refractivity contribution < 1.29 is 32.2 Å². The van der Waals surface area contributed by atoms with Gasteiger partial charge in [0.1, 0.15) is 11.6 Å². The van der Waals surface area contributed by atoms with Gasteiger partial charge in [-0.3, -0.25) is 4.79 Å². The molecule has 1 N–H and O–H groups in total. The summed E-state index contributed by atoms with van der Waals surface area (Å²) in [5, 5.41) is 2.25. The number of nitrogens with one attached hydrogen (secondary N) is 1. The van der Waals surface area contributed by atoms with Crippen molar-refractivity contribution in [3.05, 3.63) is 64.9 Å². The fourth-order valence-electron chi connectivity index (χ4n) is 1.92. The molecular formula is C18H13ClF3NO4. The van der Waals surface area contributed by atoms with Crippen LogP contribution >= 0.6 is 11.6 Å². The van der Waals surface area contributed by atoms with Gasteiger partial charge in [-0.25, -0.2) is 9.18 Å². The van der Waals surface area contributed by atoms with Gasteiger partial charge in [0.25, 0.3) is 5.91 Å². The predicted molar refractivity (Wildman–Crippen MR) is 93.1 cm³/mol. The van der Waals surface area contributed by atoms with Gasteiger partial charge in [-0.2, -0.15) is 8.78 Å². The summed E-state index contributed by atoms with van der Waals surface area (Å²) in [4.78, 5) is 23.3. The van der Waals surface area contributed by atoms with Crippen molar-refractivity contribution in [1.29, 1.82) is 0 Å². The molecule has 0 aliphatic rings. The molecule has 2 aromatic rings. The summed E-state index contributed by atoms with van der Waals surface area (Å²) in [6.45, 7) is -3.63. The predicted octanol–water partition coefficient (Wildman–Crippen LogP) is 4.28. The van der Waals surface area contributed by atoms with Crippen molar-refractivity contribution in [1.82, 2.24) is 0 Å². The van der Waals surface area contributed by atoms with Gasteiger partial charge in [0.15, 0.2) is 6.61 Å². The summed E-state index contributed by atoms with van der Waals surface area (Å²) in [5.41, 5.74) is 0.393. The van der Waals surface area contributed by atoms with Gasteiger partial charge in [0, 0.05) is 17.3 Å². The summed E-state index contributed by atoms with van der Waals surface area (Å²) in [5.74, 6) is -2.27. The molecule has 0 radical (unpaired) electrons. The third-order valence-electron chi connectivity index (χ3n) is 3.08. The highest BCUT2D eigenvalue weighted by Crippen LogP contribution is 2.28. The number of halogens is 4. The third-order valence-corrected chi connectivity index (χ3v) is 3.38. The van der Waals surface area contributed by atoms with Gasteiger partial charge in [-0.05, 0) is 30.3 Å². The number of rotatable bonds is 7. The SMILES string of the molecule is O=C(COC(=O)/C=C/c1ccccc1F)Nc1ccc(OC(F)F)c(Cl)c1. The lowest BCUT2D eigenvalue weighted by atomic mass is 10.2. The van der Waals surface area contributed by atoms with Crippen molar-refractivity contribution in [3.8, 4) is 5.75 Å². The quantitative estimate of drug-likeness (QED) is 0.557. The van der Waals surface area contributed by atoms with Gasteiger partial charge >= 0.3 is 12.6 Å². The van der Waals surface area contributed by atoms with E-state index in [2.05, 4.69) is 10.1 Å². The highest BCUT2D eigenvalue weighted by molar-refractivity contribution is 6.32. The van der Waals surface area contributed by atoms with Crippen LogP contribution in [0.25, 0.3) is 6.08 Å². The fraction of sp³-hybridized carbons (Fsp3) is 0.111. The number of anilines is 1. The highest BCUT2D eigenvalue weighted by atomic mass is 35.5. The van der Waals surface area contributed by atoms with Crippen LogP contribution in [0.1, 0.15) is 5.56 Å². The molecule has 0 aliphatic heterocycles. The first-order chi connectivity index (χ1) is 12.8. The van der Waals surface area contributed by atoms with Crippen LogP contribution in [0, 0.1) is 5.82 Å². The molecule has 0 fully saturated rings. The zero-order valence-electron chi connectivity index (χ0n) is 13.6. The van der Waals surface area contributed by atoms with Crippen LogP contribution < -0.4 is 10.1 Å². The van der Waals surface area contributed by atoms with Crippen LogP contribution in [0.4, 0.5) is 18.9 Å². The number of hydrogen-bond acceptors (Lipinski definition) is 4. The number of benzene rings is 2. The van der Waals surface area contributed by atoms with E-state index in [0.717, 1.165) is 12.1 Å². The van der Waals surface area contributed by atoms with Gasteiger partial charge < -0.3 is 14.8 Å². The van der Waals surface area contributed by atoms with Gasteiger partial charge in [-0.15, -0.1) is 0 Å². The van der Waals surface area contributed by atoms with Crippen LogP contribution in [0.15, 0.2) is 48.5 Å². The first kappa shape index (κ1) is 20.3. The minimum Gasteiger partial charge on any atom is -0.452 e. The molecule has 5 nitrogen and oxygen atoms in total.